The van der Waals surface area contributed by atoms with E-state index in [4.69, 9.17) is 9.47 Å². The lowest BCUT2D eigenvalue weighted by atomic mass is 10.2. The van der Waals surface area contributed by atoms with Crippen LogP contribution < -0.4 is 9.47 Å². The molecule has 0 aromatic heterocycles. The first-order valence-corrected chi connectivity index (χ1v) is 5.06. The maximum Gasteiger partial charge on any atom is 0.282 e. The van der Waals surface area contributed by atoms with Crippen molar-refractivity contribution in [1.82, 2.24) is 4.90 Å². The van der Waals surface area contributed by atoms with E-state index in [9.17, 15) is 9.18 Å². The van der Waals surface area contributed by atoms with Gasteiger partial charge in [-0.3, -0.25) is 4.79 Å². The van der Waals surface area contributed by atoms with Gasteiger partial charge in [0, 0.05) is 13.6 Å². The van der Waals surface area contributed by atoms with Crippen LogP contribution in [0.15, 0.2) is 30.6 Å². The van der Waals surface area contributed by atoms with Crippen LogP contribution in [0.5, 0.6) is 11.5 Å². The summed E-state index contributed by atoms with van der Waals surface area (Å²) in [5.41, 5.74) is 0.839. The second-order valence-corrected chi connectivity index (χ2v) is 3.75. The highest BCUT2D eigenvalue weighted by molar-refractivity contribution is 5.90. The molecule has 1 heterocycles. The summed E-state index contributed by atoms with van der Waals surface area (Å²) >= 11 is 0. The first-order chi connectivity index (χ1) is 8.08. The van der Waals surface area contributed by atoms with E-state index in [0.717, 1.165) is 5.56 Å². The molecule has 0 aliphatic carbocycles. The number of nitrogens with zero attached hydrogens (tertiary/aromatic N) is 1. The Kier molecular flexibility index (Phi) is 2.99. The topological polar surface area (TPSA) is 38.8 Å². The number of ether oxygens (including phenoxy) is 2. The Morgan fingerprint density at radius 3 is 2.88 bits per heavy atom. The lowest BCUT2D eigenvalue weighted by molar-refractivity contribution is -0.127. The average molecular weight is 237 g/mol. The predicted molar refractivity (Wildman–Crippen MR) is 59.3 cm³/mol. The maximum atomic E-state index is 12.6. The lowest BCUT2D eigenvalue weighted by Gasteiger charge is -2.15. The Hall–Kier alpha value is -2.04. The van der Waals surface area contributed by atoms with Gasteiger partial charge in [-0.25, -0.2) is 4.39 Å². The fourth-order valence-corrected chi connectivity index (χ4v) is 1.59. The molecule has 0 unspecified atom stereocenters. The highest BCUT2D eigenvalue weighted by Crippen LogP contribution is 2.32. The molecular weight excluding hydrogens is 225 g/mol. The van der Waals surface area contributed by atoms with Crippen molar-refractivity contribution in [2.24, 2.45) is 0 Å². The summed E-state index contributed by atoms with van der Waals surface area (Å²) in [6.07, 6.45) is 0. The van der Waals surface area contributed by atoms with Gasteiger partial charge in [0.2, 0.25) is 6.79 Å². The zero-order valence-electron chi connectivity index (χ0n) is 9.40. The van der Waals surface area contributed by atoms with Crippen molar-refractivity contribution in [3.63, 3.8) is 0 Å². The molecule has 0 N–H and O–H groups in total. The lowest BCUT2D eigenvalue weighted by Crippen LogP contribution is -2.26. The monoisotopic (exact) mass is 237 g/mol. The van der Waals surface area contributed by atoms with Gasteiger partial charge in [-0.15, -0.1) is 0 Å². The molecule has 0 fully saturated rings. The fourth-order valence-electron chi connectivity index (χ4n) is 1.59. The molecule has 5 heteroatoms. The molecule has 0 atom stereocenters. The second kappa shape index (κ2) is 4.45. The SMILES string of the molecule is C=C(F)C(=O)N(C)Cc1ccc2c(c1)OCO2. The van der Waals surface area contributed by atoms with Gasteiger partial charge >= 0.3 is 0 Å². The number of benzene rings is 1. The number of fused-ring (bicyclic) bond motifs is 1. The van der Waals surface area contributed by atoms with Crippen LogP contribution in [0.3, 0.4) is 0 Å². The fraction of sp³-hybridized carbons (Fsp3) is 0.250. The average Bonchev–Trinajstić information content (AvgIpc) is 2.74. The Bertz CT molecular complexity index is 473. The van der Waals surface area contributed by atoms with Crippen LogP contribution in [0.4, 0.5) is 4.39 Å². The van der Waals surface area contributed by atoms with E-state index < -0.39 is 11.7 Å². The molecule has 1 aromatic rings. The number of hydrogen-bond acceptors (Lipinski definition) is 3. The number of likely N-dealkylation sites (N-methyl/N-ethyl adjacent to an activating group) is 1. The van der Waals surface area contributed by atoms with Gasteiger partial charge in [0.1, 0.15) is 0 Å². The van der Waals surface area contributed by atoms with Crippen molar-refractivity contribution in [1.29, 1.82) is 0 Å². The van der Waals surface area contributed by atoms with Gasteiger partial charge in [-0.1, -0.05) is 12.6 Å². The van der Waals surface area contributed by atoms with Gasteiger partial charge in [-0.2, -0.15) is 0 Å². The van der Waals surface area contributed by atoms with Crippen molar-refractivity contribution in [2.45, 2.75) is 6.54 Å². The molecule has 0 radical (unpaired) electrons. The number of carbonyl (C=O) groups is 1. The quantitative estimate of drug-likeness (QED) is 0.753. The molecule has 17 heavy (non-hydrogen) atoms. The Morgan fingerprint density at radius 1 is 1.47 bits per heavy atom. The minimum Gasteiger partial charge on any atom is -0.454 e. The van der Waals surface area contributed by atoms with Gasteiger partial charge in [0.05, 0.1) is 0 Å². The molecule has 2 rings (SSSR count). The third-order valence-electron chi connectivity index (χ3n) is 2.44. The summed E-state index contributed by atoms with van der Waals surface area (Å²) in [7, 11) is 1.51. The molecular formula is C12H12FNO3. The molecule has 4 nitrogen and oxygen atoms in total. The zero-order valence-corrected chi connectivity index (χ0v) is 9.40. The van der Waals surface area contributed by atoms with Crippen LogP contribution in [-0.4, -0.2) is 24.6 Å². The molecule has 0 saturated heterocycles. The summed E-state index contributed by atoms with van der Waals surface area (Å²) in [6, 6.07) is 5.34. The highest BCUT2D eigenvalue weighted by Gasteiger charge is 2.16. The van der Waals surface area contributed by atoms with Crippen molar-refractivity contribution >= 4 is 5.91 Å². The van der Waals surface area contributed by atoms with Gasteiger partial charge in [0.15, 0.2) is 17.3 Å². The summed E-state index contributed by atoms with van der Waals surface area (Å²) in [5, 5.41) is 0. The minimum absolute atomic E-state index is 0.203. The first kappa shape index (κ1) is 11.4. The Morgan fingerprint density at radius 2 is 2.18 bits per heavy atom. The van der Waals surface area contributed by atoms with E-state index >= 15 is 0 Å². The van der Waals surface area contributed by atoms with Crippen molar-refractivity contribution in [3.05, 3.63) is 36.2 Å². The van der Waals surface area contributed by atoms with Gasteiger partial charge < -0.3 is 14.4 Å². The second-order valence-electron chi connectivity index (χ2n) is 3.75. The number of carbonyl (C=O) groups excluding carboxylic acids is 1. The molecule has 1 aromatic carbocycles. The minimum atomic E-state index is -0.965. The summed E-state index contributed by atoms with van der Waals surface area (Å²) in [6.45, 7) is 3.47. The molecule has 1 aliphatic heterocycles. The summed E-state index contributed by atoms with van der Waals surface area (Å²) in [5.74, 6) is -0.365. The largest absolute Gasteiger partial charge is 0.454 e. The number of rotatable bonds is 3. The molecule has 0 bridgehead atoms. The van der Waals surface area contributed by atoms with Crippen LogP contribution in [0, 0.1) is 0 Å². The zero-order chi connectivity index (χ0) is 12.4. The predicted octanol–water partition coefficient (Wildman–Crippen LogP) is 1.86. The summed E-state index contributed by atoms with van der Waals surface area (Å²) in [4.78, 5) is 12.5. The molecule has 0 spiro atoms. The Balaban J connectivity index is 2.09. The third-order valence-corrected chi connectivity index (χ3v) is 2.44. The van der Waals surface area contributed by atoms with Gasteiger partial charge in [-0.05, 0) is 17.7 Å². The van der Waals surface area contributed by atoms with E-state index in [0.29, 0.717) is 18.0 Å². The number of hydrogen-bond donors (Lipinski definition) is 0. The molecule has 90 valence electrons. The van der Waals surface area contributed by atoms with E-state index in [2.05, 4.69) is 6.58 Å². The van der Waals surface area contributed by atoms with E-state index in [1.54, 1.807) is 18.2 Å². The van der Waals surface area contributed by atoms with Crippen LogP contribution in [0.1, 0.15) is 5.56 Å². The number of halogens is 1. The standard InChI is InChI=1S/C12H12FNO3/c1-8(13)12(15)14(2)6-9-3-4-10-11(5-9)17-7-16-10/h3-5H,1,6-7H2,2H3. The molecule has 1 aliphatic rings. The van der Waals surface area contributed by atoms with Crippen LogP contribution in [-0.2, 0) is 11.3 Å². The van der Waals surface area contributed by atoms with E-state index in [1.165, 1.54) is 11.9 Å². The van der Waals surface area contributed by atoms with Crippen molar-refractivity contribution in [3.8, 4) is 11.5 Å². The molecule has 0 saturated carbocycles. The van der Waals surface area contributed by atoms with Crippen LogP contribution in [0.2, 0.25) is 0 Å². The van der Waals surface area contributed by atoms with Gasteiger partial charge in [0.25, 0.3) is 5.91 Å². The van der Waals surface area contributed by atoms with E-state index in [-0.39, 0.29) is 6.79 Å². The summed E-state index contributed by atoms with van der Waals surface area (Å²) < 4.78 is 23.0. The first-order valence-electron chi connectivity index (χ1n) is 5.06. The van der Waals surface area contributed by atoms with Crippen molar-refractivity contribution < 1.29 is 18.7 Å². The smallest absolute Gasteiger partial charge is 0.282 e. The third kappa shape index (κ3) is 2.38. The van der Waals surface area contributed by atoms with E-state index in [1.807, 2.05) is 0 Å². The number of amides is 1. The highest BCUT2D eigenvalue weighted by atomic mass is 19.1. The van der Waals surface area contributed by atoms with Crippen LogP contribution >= 0.6 is 0 Å². The van der Waals surface area contributed by atoms with Crippen LogP contribution in [0.25, 0.3) is 0 Å². The van der Waals surface area contributed by atoms with Crippen molar-refractivity contribution in [2.75, 3.05) is 13.8 Å². The normalized spacial score (nSPS) is 12.4. The maximum absolute atomic E-state index is 12.6. The molecule has 1 amide bonds. The Labute approximate surface area is 98.2 Å².